The second-order valence-corrected chi connectivity index (χ2v) is 6.38. The van der Waals surface area contributed by atoms with E-state index < -0.39 is 0 Å². The molecule has 0 bridgehead atoms. The van der Waals surface area contributed by atoms with E-state index in [0.717, 1.165) is 57.1 Å². The first kappa shape index (κ1) is 13.1. The Hall–Kier alpha value is -0.940. The minimum atomic E-state index is 0.306. The van der Waals surface area contributed by atoms with E-state index in [4.69, 9.17) is 0 Å². The summed E-state index contributed by atoms with van der Waals surface area (Å²) in [6, 6.07) is 0. The zero-order valence-electron chi connectivity index (χ0n) is 11.3. The Bertz CT molecular complexity index is 412. The van der Waals surface area contributed by atoms with Gasteiger partial charge in [0.2, 0.25) is 0 Å². The van der Waals surface area contributed by atoms with Crippen LogP contribution in [-0.4, -0.2) is 48.4 Å². The van der Waals surface area contributed by atoms with Crippen molar-refractivity contribution in [1.82, 2.24) is 9.88 Å². The van der Waals surface area contributed by atoms with E-state index >= 15 is 0 Å². The molecule has 104 valence electrons. The van der Waals surface area contributed by atoms with Crippen molar-refractivity contribution < 1.29 is 4.79 Å². The largest absolute Gasteiger partial charge is 0.346 e. The van der Waals surface area contributed by atoms with Crippen LogP contribution in [0.3, 0.4) is 0 Å². The Morgan fingerprint density at radius 2 is 2.11 bits per heavy atom. The van der Waals surface area contributed by atoms with Crippen molar-refractivity contribution in [2.75, 3.05) is 37.6 Å². The summed E-state index contributed by atoms with van der Waals surface area (Å²) in [5, 5.41) is 3.16. The topological polar surface area (TPSA) is 36.4 Å². The third-order valence-electron chi connectivity index (χ3n) is 4.22. The normalized spacial score (nSPS) is 25.8. The van der Waals surface area contributed by atoms with Crippen LogP contribution in [0.5, 0.6) is 0 Å². The molecule has 0 amide bonds. The maximum absolute atomic E-state index is 11.9. The number of carbonyl (C=O) groups excluding carboxylic acids is 1. The molecule has 0 radical (unpaired) electrons. The summed E-state index contributed by atoms with van der Waals surface area (Å²) in [6.07, 6.45) is 6.12. The average molecular weight is 279 g/mol. The van der Waals surface area contributed by atoms with Crippen LogP contribution in [0, 0.1) is 5.92 Å². The lowest BCUT2D eigenvalue weighted by molar-refractivity contribution is -0.125. The molecule has 2 aliphatic rings. The first-order chi connectivity index (χ1) is 9.33. The van der Waals surface area contributed by atoms with Crippen molar-refractivity contribution >= 4 is 22.3 Å². The lowest BCUT2D eigenvalue weighted by atomic mass is 9.87. The van der Waals surface area contributed by atoms with Gasteiger partial charge in [-0.05, 0) is 12.8 Å². The number of anilines is 1. The molecule has 5 heteroatoms. The van der Waals surface area contributed by atoms with Gasteiger partial charge in [0.15, 0.2) is 5.13 Å². The molecule has 0 N–H and O–H groups in total. The van der Waals surface area contributed by atoms with E-state index in [9.17, 15) is 4.79 Å². The van der Waals surface area contributed by atoms with Crippen LogP contribution in [-0.2, 0) is 4.79 Å². The summed E-state index contributed by atoms with van der Waals surface area (Å²) in [5.41, 5.74) is 0. The van der Waals surface area contributed by atoms with Crippen molar-refractivity contribution in [2.45, 2.75) is 25.7 Å². The van der Waals surface area contributed by atoms with Crippen LogP contribution < -0.4 is 4.90 Å². The highest BCUT2D eigenvalue weighted by molar-refractivity contribution is 7.13. The second kappa shape index (κ2) is 6.01. The van der Waals surface area contributed by atoms with Gasteiger partial charge < -0.3 is 4.90 Å². The number of hydrogen-bond acceptors (Lipinski definition) is 5. The average Bonchev–Trinajstić information content (AvgIpc) is 2.96. The Kier molecular flexibility index (Phi) is 4.13. The van der Waals surface area contributed by atoms with Gasteiger partial charge in [-0.3, -0.25) is 9.69 Å². The monoisotopic (exact) mass is 279 g/mol. The van der Waals surface area contributed by atoms with Crippen LogP contribution >= 0.6 is 11.3 Å². The highest BCUT2D eigenvalue weighted by atomic mass is 32.1. The zero-order valence-corrected chi connectivity index (χ0v) is 12.1. The van der Waals surface area contributed by atoms with Gasteiger partial charge in [0, 0.05) is 56.6 Å². The molecule has 1 aromatic heterocycles. The highest BCUT2D eigenvalue weighted by Gasteiger charge is 2.26. The van der Waals surface area contributed by atoms with Gasteiger partial charge in [-0.15, -0.1) is 11.3 Å². The summed E-state index contributed by atoms with van der Waals surface area (Å²) >= 11 is 1.71. The number of rotatable bonds is 3. The molecule has 1 saturated carbocycles. The molecular weight excluding hydrogens is 258 g/mol. The lowest BCUT2D eigenvalue weighted by Crippen LogP contribution is -2.48. The fourth-order valence-electron chi connectivity index (χ4n) is 3.05. The zero-order chi connectivity index (χ0) is 13.1. The molecule has 4 nitrogen and oxygen atoms in total. The Morgan fingerprint density at radius 1 is 1.26 bits per heavy atom. The van der Waals surface area contributed by atoms with Crippen LogP contribution in [0.2, 0.25) is 0 Å². The summed E-state index contributed by atoms with van der Waals surface area (Å²) < 4.78 is 0. The van der Waals surface area contributed by atoms with Gasteiger partial charge in [0.1, 0.15) is 5.78 Å². The number of thiazole rings is 1. The summed E-state index contributed by atoms with van der Waals surface area (Å²) in [5.74, 6) is 0.800. The van der Waals surface area contributed by atoms with E-state index in [1.165, 1.54) is 6.42 Å². The van der Waals surface area contributed by atoms with Gasteiger partial charge >= 0.3 is 0 Å². The van der Waals surface area contributed by atoms with Gasteiger partial charge in [0.25, 0.3) is 0 Å². The molecule has 0 aromatic carbocycles. The number of aromatic nitrogens is 1. The Labute approximate surface area is 118 Å². The third kappa shape index (κ3) is 3.15. The number of nitrogens with zero attached hydrogens (tertiary/aromatic N) is 3. The minimum absolute atomic E-state index is 0.306. The van der Waals surface area contributed by atoms with Crippen LogP contribution in [0.1, 0.15) is 25.7 Å². The fraction of sp³-hybridized carbons (Fsp3) is 0.714. The molecular formula is C14H21N3OS. The van der Waals surface area contributed by atoms with Crippen molar-refractivity contribution in [3.05, 3.63) is 11.6 Å². The molecule has 19 heavy (non-hydrogen) atoms. The predicted molar refractivity (Wildman–Crippen MR) is 77.7 cm³/mol. The number of carbonyl (C=O) groups is 1. The molecule has 1 unspecified atom stereocenters. The molecule has 1 saturated heterocycles. The Balaban J connectivity index is 1.49. The van der Waals surface area contributed by atoms with Crippen LogP contribution in [0.4, 0.5) is 5.13 Å². The van der Waals surface area contributed by atoms with Crippen molar-refractivity contribution in [1.29, 1.82) is 0 Å². The number of ketones is 1. The number of hydrogen-bond donors (Lipinski definition) is 0. The van der Waals surface area contributed by atoms with Gasteiger partial charge in [-0.1, -0.05) is 6.42 Å². The van der Waals surface area contributed by atoms with Gasteiger partial charge in [-0.2, -0.15) is 0 Å². The maximum Gasteiger partial charge on any atom is 0.185 e. The molecule has 3 rings (SSSR count). The summed E-state index contributed by atoms with van der Waals surface area (Å²) in [6.45, 7) is 5.17. The first-order valence-electron chi connectivity index (χ1n) is 7.22. The smallest absolute Gasteiger partial charge is 0.185 e. The molecule has 1 aromatic rings. The standard InChI is InChI=1S/C14H21N3OS/c18-13-4-2-1-3-12(13)11-16-6-8-17(9-7-16)14-15-5-10-19-14/h5,10,12H,1-4,6-9,11H2. The Morgan fingerprint density at radius 3 is 2.79 bits per heavy atom. The van der Waals surface area contributed by atoms with E-state index in [2.05, 4.69) is 14.8 Å². The van der Waals surface area contributed by atoms with E-state index in [1.54, 1.807) is 11.3 Å². The quantitative estimate of drug-likeness (QED) is 0.848. The maximum atomic E-state index is 11.9. The highest BCUT2D eigenvalue weighted by Crippen LogP contribution is 2.23. The molecule has 2 heterocycles. The minimum Gasteiger partial charge on any atom is -0.346 e. The molecule has 0 spiro atoms. The lowest BCUT2D eigenvalue weighted by Gasteiger charge is -2.36. The fourth-order valence-corrected chi connectivity index (χ4v) is 3.75. The second-order valence-electron chi connectivity index (χ2n) is 5.51. The van der Waals surface area contributed by atoms with Gasteiger partial charge in [-0.25, -0.2) is 4.98 Å². The van der Waals surface area contributed by atoms with Crippen LogP contribution in [0.25, 0.3) is 0 Å². The summed E-state index contributed by atoms with van der Waals surface area (Å²) in [4.78, 5) is 21.0. The number of Topliss-reactive ketones (excluding diaryl/α,β-unsaturated/α-hetero) is 1. The van der Waals surface area contributed by atoms with Crippen molar-refractivity contribution in [2.24, 2.45) is 5.92 Å². The van der Waals surface area contributed by atoms with E-state index in [-0.39, 0.29) is 0 Å². The van der Waals surface area contributed by atoms with Gasteiger partial charge in [0.05, 0.1) is 0 Å². The molecule has 1 aliphatic carbocycles. The van der Waals surface area contributed by atoms with Crippen LogP contribution in [0.15, 0.2) is 11.6 Å². The predicted octanol–water partition coefficient (Wildman–Crippen LogP) is 2.02. The third-order valence-corrected chi connectivity index (χ3v) is 5.05. The molecule has 1 atom stereocenters. The molecule has 2 fully saturated rings. The first-order valence-corrected chi connectivity index (χ1v) is 8.10. The van der Waals surface area contributed by atoms with Crippen molar-refractivity contribution in [3.63, 3.8) is 0 Å². The molecule has 1 aliphatic heterocycles. The SMILES string of the molecule is O=C1CCCCC1CN1CCN(c2nccs2)CC1. The van der Waals surface area contributed by atoms with E-state index in [1.807, 2.05) is 11.6 Å². The van der Waals surface area contributed by atoms with Crippen molar-refractivity contribution in [3.8, 4) is 0 Å². The number of piperazine rings is 1. The summed E-state index contributed by atoms with van der Waals surface area (Å²) in [7, 11) is 0. The van der Waals surface area contributed by atoms with E-state index in [0.29, 0.717) is 11.7 Å².